The number of hydrogen-bond donors (Lipinski definition) is 1. The lowest BCUT2D eigenvalue weighted by Crippen LogP contribution is -1.93. The zero-order chi connectivity index (χ0) is 17.6. The normalized spacial score (nSPS) is 11.3. The van der Waals surface area contributed by atoms with Crippen molar-refractivity contribution >= 4 is 51.2 Å². The van der Waals surface area contributed by atoms with Gasteiger partial charge in [0, 0.05) is 21.9 Å². The van der Waals surface area contributed by atoms with Gasteiger partial charge in [-0.2, -0.15) is 11.3 Å². The fourth-order valence-corrected chi connectivity index (χ4v) is 4.29. The fourth-order valence-electron chi connectivity index (χ4n) is 2.96. The van der Waals surface area contributed by atoms with E-state index in [1.165, 1.54) is 11.1 Å². The van der Waals surface area contributed by atoms with Gasteiger partial charge in [-0.15, -0.1) is 0 Å². The number of thiophene rings is 1. The molecule has 0 unspecified atom stereocenters. The van der Waals surface area contributed by atoms with Crippen molar-refractivity contribution in [2.75, 3.05) is 5.73 Å². The number of anilines is 1. The highest BCUT2D eigenvalue weighted by Crippen LogP contribution is 2.35. The van der Waals surface area contributed by atoms with Crippen LogP contribution in [0.5, 0.6) is 0 Å². The SMILES string of the molecule is Cc1cscc1-c1ccc2c(N)c(Cc3ccc(Cl)cc3Cl)oc2c1. The highest BCUT2D eigenvalue weighted by molar-refractivity contribution is 7.08. The van der Waals surface area contributed by atoms with Crippen molar-refractivity contribution < 1.29 is 4.42 Å². The molecule has 0 aliphatic heterocycles. The zero-order valence-electron chi connectivity index (χ0n) is 13.5. The van der Waals surface area contributed by atoms with E-state index in [-0.39, 0.29) is 0 Å². The second-order valence-corrected chi connectivity index (χ2v) is 7.62. The van der Waals surface area contributed by atoms with E-state index in [1.54, 1.807) is 17.4 Å². The number of hydrogen-bond acceptors (Lipinski definition) is 3. The lowest BCUT2D eigenvalue weighted by Gasteiger charge is -2.03. The molecular formula is C20H15Cl2NOS. The van der Waals surface area contributed by atoms with Gasteiger partial charge in [0.15, 0.2) is 0 Å². The van der Waals surface area contributed by atoms with E-state index < -0.39 is 0 Å². The van der Waals surface area contributed by atoms with E-state index in [4.69, 9.17) is 33.4 Å². The summed E-state index contributed by atoms with van der Waals surface area (Å²) in [5.41, 5.74) is 12.3. The number of fused-ring (bicyclic) bond motifs is 1. The first-order chi connectivity index (χ1) is 12.0. The van der Waals surface area contributed by atoms with Crippen molar-refractivity contribution in [2.24, 2.45) is 0 Å². The minimum absolute atomic E-state index is 0.531. The van der Waals surface area contributed by atoms with Gasteiger partial charge in [-0.3, -0.25) is 0 Å². The molecule has 0 atom stereocenters. The summed E-state index contributed by atoms with van der Waals surface area (Å²) in [6.45, 7) is 2.11. The van der Waals surface area contributed by atoms with Crippen LogP contribution in [0.25, 0.3) is 22.1 Å². The quantitative estimate of drug-likeness (QED) is 0.412. The smallest absolute Gasteiger partial charge is 0.137 e. The predicted molar refractivity (Wildman–Crippen MR) is 108 cm³/mol. The zero-order valence-corrected chi connectivity index (χ0v) is 15.8. The highest BCUT2D eigenvalue weighted by atomic mass is 35.5. The Balaban J connectivity index is 1.75. The van der Waals surface area contributed by atoms with Gasteiger partial charge in [-0.1, -0.05) is 35.3 Å². The molecule has 2 nitrogen and oxygen atoms in total. The van der Waals surface area contributed by atoms with Gasteiger partial charge in [-0.25, -0.2) is 0 Å². The summed E-state index contributed by atoms with van der Waals surface area (Å²) in [4.78, 5) is 0. The van der Waals surface area contributed by atoms with Gasteiger partial charge < -0.3 is 10.2 Å². The van der Waals surface area contributed by atoms with Gasteiger partial charge in [0.1, 0.15) is 11.3 Å². The Labute approximate surface area is 159 Å². The van der Waals surface area contributed by atoms with Crippen LogP contribution in [0.2, 0.25) is 10.0 Å². The fraction of sp³-hybridized carbons (Fsp3) is 0.100. The number of halogens is 2. The lowest BCUT2D eigenvalue weighted by atomic mass is 10.0. The molecule has 0 saturated carbocycles. The standard InChI is InChI=1S/C20H15Cl2NOS/c1-11-9-25-10-16(11)12-3-5-15-18(6-12)24-19(20(15)23)7-13-2-4-14(21)8-17(13)22/h2-6,8-10H,7,23H2,1H3. The molecule has 0 radical (unpaired) electrons. The number of rotatable bonds is 3. The number of aryl methyl sites for hydroxylation is 1. The van der Waals surface area contributed by atoms with E-state index in [1.807, 2.05) is 24.3 Å². The molecule has 126 valence electrons. The molecule has 0 bridgehead atoms. The van der Waals surface area contributed by atoms with Gasteiger partial charge in [-0.05, 0) is 64.2 Å². The van der Waals surface area contributed by atoms with Crippen LogP contribution < -0.4 is 5.73 Å². The van der Waals surface area contributed by atoms with Crippen LogP contribution in [-0.2, 0) is 6.42 Å². The van der Waals surface area contributed by atoms with Crippen molar-refractivity contribution in [1.29, 1.82) is 0 Å². The molecule has 5 heteroatoms. The Morgan fingerprint density at radius 2 is 1.92 bits per heavy atom. The van der Waals surface area contributed by atoms with E-state index >= 15 is 0 Å². The Bertz CT molecular complexity index is 1080. The summed E-state index contributed by atoms with van der Waals surface area (Å²) in [6, 6.07) is 11.6. The first kappa shape index (κ1) is 16.5. The van der Waals surface area contributed by atoms with Crippen molar-refractivity contribution in [3.63, 3.8) is 0 Å². The minimum atomic E-state index is 0.531. The largest absolute Gasteiger partial charge is 0.458 e. The van der Waals surface area contributed by atoms with Crippen LogP contribution in [-0.4, -0.2) is 0 Å². The van der Waals surface area contributed by atoms with E-state index in [0.29, 0.717) is 22.2 Å². The van der Waals surface area contributed by atoms with Crippen molar-refractivity contribution in [2.45, 2.75) is 13.3 Å². The molecule has 0 aliphatic rings. The summed E-state index contributed by atoms with van der Waals surface area (Å²) in [5.74, 6) is 0.721. The molecule has 0 fully saturated rings. The third-order valence-corrected chi connectivity index (χ3v) is 5.79. The Hall–Kier alpha value is -1.94. The third-order valence-electron chi connectivity index (χ3n) is 4.34. The molecule has 0 aliphatic carbocycles. The average Bonchev–Trinajstić information content (AvgIpc) is 3.14. The summed E-state index contributed by atoms with van der Waals surface area (Å²) < 4.78 is 6.05. The molecule has 2 aromatic carbocycles. The maximum absolute atomic E-state index is 6.30. The number of furan rings is 1. The van der Waals surface area contributed by atoms with Crippen LogP contribution in [0.15, 0.2) is 51.6 Å². The van der Waals surface area contributed by atoms with E-state index in [9.17, 15) is 0 Å². The molecule has 4 aromatic rings. The number of nitrogen functional groups attached to an aromatic ring is 1. The Morgan fingerprint density at radius 1 is 1.08 bits per heavy atom. The second-order valence-electron chi connectivity index (χ2n) is 6.03. The van der Waals surface area contributed by atoms with Crippen LogP contribution in [0.3, 0.4) is 0 Å². The molecule has 4 rings (SSSR count). The molecule has 0 saturated heterocycles. The lowest BCUT2D eigenvalue weighted by molar-refractivity contribution is 0.565. The number of nitrogens with two attached hydrogens (primary N) is 1. The molecular weight excluding hydrogens is 373 g/mol. The van der Waals surface area contributed by atoms with Crippen molar-refractivity contribution in [3.05, 3.63) is 74.1 Å². The van der Waals surface area contributed by atoms with Crippen molar-refractivity contribution in [1.82, 2.24) is 0 Å². The van der Waals surface area contributed by atoms with Crippen LogP contribution in [0.1, 0.15) is 16.9 Å². The monoisotopic (exact) mass is 387 g/mol. The maximum Gasteiger partial charge on any atom is 0.137 e. The highest BCUT2D eigenvalue weighted by Gasteiger charge is 2.15. The summed E-state index contributed by atoms with van der Waals surface area (Å²) >= 11 is 13.9. The first-order valence-electron chi connectivity index (χ1n) is 7.81. The maximum atomic E-state index is 6.30. The summed E-state index contributed by atoms with van der Waals surface area (Å²) in [6.07, 6.45) is 0.531. The minimum Gasteiger partial charge on any atom is -0.458 e. The van der Waals surface area contributed by atoms with Crippen molar-refractivity contribution in [3.8, 4) is 11.1 Å². The van der Waals surface area contributed by atoms with Gasteiger partial charge in [0.05, 0.1) is 5.69 Å². The molecule has 2 heterocycles. The molecule has 2 aromatic heterocycles. The van der Waals surface area contributed by atoms with Crippen LogP contribution >= 0.6 is 34.5 Å². The van der Waals surface area contributed by atoms with Gasteiger partial charge in [0.25, 0.3) is 0 Å². The van der Waals surface area contributed by atoms with Crippen LogP contribution in [0, 0.1) is 6.92 Å². The van der Waals surface area contributed by atoms with E-state index in [0.717, 1.165) is 27.9 Å². The third kappa shape index (κ3) is 3.04. The predicted octanol–water partition coefficient (Wildman–Crippen LogP) is 6.95. The van der Waals surface area contributed by atoms with E-state index in [2.05, 4.69) is 23.8 Å². The summed E-state index contributed by atoms with van der Waals surface area (Å²) in [5, 5.41) is 6.45. The first-order valence-corrected chi connectivity index (χ1v) is 9.51. The molecule has 2 N–H and O–H groups in total. The second kappa shape index (κ2) is 6.41. The van der Waals surface area contributed by atoms with Gasteiger partial charge >= 0.3 is 0 Å². The van der Waals surface area contributed by atoms with Crippen LogP contribution in [0.4, 0.5) is 5.69 Å². The Morgan fingerprint density at radius 3 is 2.64 bits per heavy atom. The Kier molecular flexibility index (Phi) is 4.24. The average molecular weight is 388 g/mol. The topological polar surface area (TPSA) is 39.2 Å². The molecule has 0 amide bonds. The number of benzene rings is 2. The molecule has 25 heavy (non-hydrogen) atoms. The van der Waals surface area contributed by atoms with Gasteiger partial charge in [0.2, 0.25) is 0 Å². The summed E-state index contributed by atoms with van der Waals surface area (Å²) in [7, 11) is 0. The molecule has 0 spiro atoms.